The van der Waals surface area contributed by atoms with Crippen molar-refractivity contribution in [2.24, 2.45) is 0 Å². The Morgan fingerprint density at radius 3 is 2.95 bits per heavy atom. The van der Waals surface area contributed by atoms with Gasteiger partial charge in [0.05, 0.1) is 12.1 Å². The molecule has 1 aromatic rings. The van der Waals surface area contributed by atoms with Gasteiger partial charge >= 0.3 is 0 Å². The maximum Gasteiger partial charge on any atom is 0.128 e. The molecule has 0 amide bonds. The van der Waals surface area contributed by atoms with Crippen LogP contribution in [0.25, 0.3) is 0 Å². The van der Waals surface area contributed by atoms with Gasteiger partial charge in [-0.3, -0.25) is 0 Å². The molecular formula is C16H23NO2. The molecule has 0 radical (unpaired) electrons. The third kappa shape index (κ3) is 2.86. The smallest absolute Gasteiger partial charge is 0.128 e. The van der Waals surface area contributed by atoms with Gasteiger partial charge in [0.15, 0.2) is 0 Å². The monoisotopic (exact) mass is 261 g/mol. The van der Waals surface area contributed by atoms with Gasteiger partial charge in [0.1, 0.15) is 18.1 Å². The molecule has 0 saturated heterocycles. The van der Waals surface area contributed by atoms with Crippen molar-refractivity contribution < 1.29 is 9.47 Å². The quantitative estimate of drug-likeness (QED) is 0.880. The molecule has 1 saturated carbocycles. The van der Waals surface area contributed by atoms with E-state index in [0.717, 1.165) is 31.1 Å². The van der Waals surface area contributed by atoms with Crippen molar-refractivity contribution in [2.75, 3.05) is 13.2 Å². The van der Waals surface area contributed by atoms with Gasteiger partial charge in [0, 0.05) is 11.6 Å². The van der Waals surface area contributed by atoms with Crippen LogP contribution in [0.5, 0.6) is 11.5 Å². The van der Waals surface area contributed by atoms with E-state index in [1.807, 2.05) is 0 Å². The van der Waals surface area contributed by atoms with Crippen LogP contribution in [0.15, 0.2) is 18.2 Å². The van der Waals surface area contributed by atoms with E-state index in [0.29, 0.717) is 12.1 Å². The highest BCUT2D eigenvalue weighted by Crippen LogP contribution is 2.36. The normalized spacial score (nSPS) is 22.3. The molecule has 3 heteroatoms. The molecule has 1 fully saturated rings. The topological polar surface area (TPSA) is 30.5 Å². The minimum absolute atomic E-state index is 0.343. The van der Waals surface area contributed by atoms with Crippen LogP contribution in [-0.4, -0.2) is 19.3 Å². The molecule has 3 nitrogen and oxygen atoms in total. The summed E-state index contributed by atoms with van der Waals surface area (Å²) in [5.41, 5.74) is 1.27. The number of nitrogens with one attached hydrogen (secondary N) is 1. The maximum absolute atomic E-state index is 6.02. The Bertz CT molecular complexity index is 427. The van der Waals surface area contributed by atoms with Crippen molar-refractivity contribution in [3.8, 4) is 11.5 Å². The van der Waals surface area contributed by atoms with Crippen LogP contribution in [0.1, 0.15) is 50.6 Å². The number of fused-ring (bicyclic) bond motifs is 1. The highest BCUT2D eigenvalue weighted by Gasteiger charge is 2.24. The van der Waals surface area contributed by atoms with Crippen molar-refractivity contribution in [1.29, 1.82) is 0 Å². The predicted octanol–water partition coefficient (Wildman–Crippen LogP) is 3.44. The highest BCUT2D eigenvalue weighted by atomic mass is 16.5. The average molecular weight is 261 g/mol. The molecule has 104 valence electrons. The molecule has 1 aromatic carbocycles. The van der Waals surface area contributed by atoms with E-state index in [2.05, 4.69) is 30.4 Å². The van der Waals surface area contributed by atoms with Crippen molar-refractivity contribution in [1.82, 2.24) is 5.32 Å². The molecule has 1 aliphatic carbocycles. The first-order valence-corrected chi connectivity index (χ1v) is 7.53. The lowest BCUT2D eigenvalue weighted by Gasteiger charge is -2.14. The van der Waals surface area contributed by atoms with Gasteiger partial charge in [0.2, 0.25) is 0 Å². The summed E-state index contributed by atoms with van der Waals surface area (Å²) in [5, 5.41) is 3.51. The number of rotatable bonds is 5. The molecule has 1 heterocycles. The molecule has 1 N–H and O–H groups in total. The summed E-state index contributed by atoms with van der Waals surface area (Å²) in [4.78, 5) is 0. The molecule has 0 spiro atoms. The van der Waals surface area contributed by atoms with Gasteiger partial charge < -0.3 is 14.8 Å². The van der Waals surface area contributed by atoms with Crippen molar-refractivity contribution in [3.63, 3.8) is 0 Å². The summed E-state index contributed by atoms with van der Waals surface area (Å²) in [5.74, 6) is 1.95. The highest BCUT2D eigenvalue weighted by molar-refractivity contribution is 5.45. The van der Waals surface area contributed by atoms with Crippen LogP contribution < -0.4 is 14.8 Å². The first kappa shape index (κ1) is 12.8. The van der Waals surface area contributed by atoms with Crippen molar-refractivity contribution in [2.45, 2.75) is 51.2 Å². The summed E-state index contributed by atoms with van der Waals surface area (Å²) in [6.45, 7) is 3.96. The zero-order valence-corrected chi connectivity index (χ0v) is 11.7. The zero-order valence-electron chi connectivity index (χ0n) is 11.7. The minimum Gasteiger partial charge on any atom is -0.491 e. The summed E-state index contributed by atoms with van der Waals surface area (Å²) >= 11 is 0. The van der Waals surface area contributed by atoms with E-state index in [1.165, 1.54) is 31.2 Å². The molecule has 1 unspecified atom stereocenters. The second-order valence-electron chi connectivity index (χ2n) is 5.54. The Hall–Kier alpha value is -1.22. The van der Waals surface area contributed by atoms with E-state index in [-0.39, 0.29) is 0 Å². The predicted molar refractivity (Wildman–Crippen MR) is 75.9 cm³/mol. The Labute approximate surface area is 115 Å². The largest absolute Gasteiger partial charge is 0.491 e. The Balaban J connectivity index is 1.67. The molecule has 1 atom stereocenters. The Morgan fingerprint density at radius 2 is 2.16 bits per heavy atom. The second-order valence-corrected chi connectivity index (χ2v) is 5.54. The third-order valence-electron chi connectivity index (χ3n) is 4.01. The lowest BCUT2D eigenvalue weighted by atomic mass is 10.1. The summed E-state index contributed by atoms with van der Waals surface area (Å²) < 4.78 is 11.8. The average Bonchev–Trinajstić information content (AvgIpc) is 3.06. The summed E-state index contributed by atoms with van der Waals surface area (Å²) in [7, 11) is 0. The fraction of sp³-hybridized carbons (Fsp3) is 0.625. The molecule has 0 bridgehead atoms. The van der Waals surface area contributed by atoms with E-state index >= 15 is 0 Å². The molecule has 3 rings (SSSR count). The second kappa shape index (κ2) is 5.83. The van der Waals surface area contributed by atoms with Gasteiger partial charge in [0.25, 0.3) is 0 Å². The molecule has 0 aromatic heterocycles. The SMILES string of the molecule is CCCNC1COc2cc(OC3CCCC3)ccc21. The van der Waals surface area contributed by atoms with Crippen LogP contribution in [0.4, 0.5) is 0 Å². The van der Waals surface area contributed by atoms with Crippen LogP contribution in [-0.2, 0) is 0 Å². The van der Waals surface area contributed by atoms with E-state index in [1.54, 1.807) is 0 Å². The fourth-order valence-electron chi connectivity index (χ4n) is 2.95. The standard InChI is InChI=1S/C16H23NO2/c1-2-9-17-15-11-18-16-10-13(7-8-14(15)16)19-12-5-3-4-6-12/h7-8,10,12,15,17H,2-6,9,11H2,1H3. The van der Waals surface area contributed by atoms with Crippen LogP contribution >= 0.6 is 0 Å². The number of benzene rings is 1. The zero-order chi connectivity index (χ0) is 13.1. The van der Waals surface area contributed by atoms with E-state index in [9.17, 15) is 0 Å². The van der Waals surface area contributed by atoms with Gasteiger partial charge in [-0.15, -0.1) is 0 Å². The van der Waals surface area contributed by atoms with Gasteiger partial charge in [-0.25, -0.2) is 0 Å². The van der Waals surface area contributed by atoms with Gasteiger partial charge in [-0.05, 0) is 50.8 Å². The van der Waals surface area contributed by atoms with Gasteiger partial charge in [-0.1, -0.05) is 6.92 Å². The lowest BCUT2D eigenvalue weighted by Crippen LogP contribution is -2.22. The number of hydrogen-bond donors (Lipinski definition) is 1. The van der Waals surface area contributed by atoms with E-state index in [4.69, 9.17) is 9.47 Å². The van der Waals surface area contributed by atoms with Crippen molar-refractivity contribution >= 4 is 0 Å². The first-order valence-electron chi connectivity index (χ1n) is 7.53. The van der Waals surface area contributed by atoms with Crippen LogP contribution in [0, 0.1) is 0 Å². The van der Waals surface area contributed by atoms with Crippen molar-refractivity contribution in [3.05, 3.63) is 23.8 Å². The summed E-state index contributed by atoms with van der Waals surface area (Å²) in [6.07, 6.45) is 6.55. The van der Waals surface area contributed by atoms with Crippen LogP contribution in [0.2, 0.25) is 0 Å². The Morgan fingerprint density at radius 1 is 1.32 bits per heavy atom. The number of hydrogen-bond acceptors (Lipinski definition) is 3. The van der Waals surface area contributed by atoms with E-state index < -0.39 is 0 Å². The third-order valence-corrected chi connectivity index (χ3v) is 4.01. The molecule has 1 aliphatic heterocycles. The summed E-state index contributed by atoms with van der Waals surface area (Å²) in [6, 6.07) is 6.64. The number of ether oxygens (including phenoxy) is 2. The Kier molecular flexibility index (Phi) is 3.92. The minimum atomic E-state index is 0.343. The molecule has 2 aliphatic rings. The molecular weight excluding hydrogens is 238 g/mol. The van der Waals surface area contributed by atoms with Crippen LogP contribution in [0.3, 0.4) is 0 Å². The molecule has 19 heavy (non-hydrogen) atoms. The first-order chi connectivity index (χ1) is 9.36. The maximum atomic E-state index is 6.02. The lowest BCUT2D eigenvalue weighted by molar-refractivity contribution is 0.209. The van der Waals surface area contributed by atoms with Gasteiger partial charge in [-0.2, -0.15) is 0 Å². The fourth-order valence-corrected chi connectivity index (χ4v) is 2.95.